The van der Waals surface area contributed by atoms with Crippen LogP contribution in [0.4, 0.5) is 11.4 Å². The Balaban J connectivity index is 1.44. The summed E-state index contributed by atoms with van der Waals surface area (Å²) in [5.41, 5.74) is 3.40. The Hall–Kier alpha value is -3.74. The van der Waals surface area contributed by atoms with Crippen molar-refractivity contribution in [2.75, 3.05) is 23.6 Å². The standard InChI is InChI=1S/C25H25N3O4/c1-25(2)19-11-7-8-12-21(19)27(3)22(25)15-18(29)16-32-24(31)20-13-14-23(30)28(26-20)17-9-5-4-6-10-17/h4-12,15H,13-14,16H2,1-3H3/b22-15+. The van der Waals surface area contributed by atoms with Crippen molar-refractivity contribution in [1.29, 1.82) is 0 Å². The predicted molar refractivity (Wildman–Crippen MR) is 123 cm³/mol. The van der Waals surface area contributed by atoms with Crippen LogP contribution >= 0.6 is 0 Å². The zero-order chi connectivity index (χ0) is 22.9. The normalized spacial score (nSPS) is 18.4. The summed E-state index contributed by atoms with van der Waals surface area (Å²) in [4.78, 5) is 39.3. The Morgan fingerprint density at radius 2 is 1.75 bits per heavy atom. The second kappa shape index (κ2) is 8.42. The Morgan fingerprint density at radius 3 is 2.47 bits per heavy atom. The van der Waals surface area contributed by atoms with Crippen LogP contribution in [0.5, 0.6) is 0 Å². The minimum Gasteiger partial charge on any atom is -0.453 e. The van der Waals surface area contributed by atoms with Crippen LogP contribution in [0.25, 0.3) is 0 Å². The molecule has 2 aromatic carbocycles. The summed E-state index contributed by atoms with van der Waals surface area (Å²) >= 11 is 0. The molecule has 7 nitrogen and oxygen atoms in total. The molecule has 2 aliphatic rings. The highest BCUT2D eigenvalue weighted by Crippen LogP contribution is 2.46. The number of benzene rings is 2. The molecule has 1 amide bonds. The molecule has 0 unspecified atom stereocenters. The van der Waals surface area contributed by atoms with Crippen LogP contribution in [0.3, 0.4) is 0 Å². The van der Waals surface area contributed by atoms with Gasteiger partial charge < -0.3 is 9.64 Å². The van der Waals surface area contributed by atoms with Gasteiger partial charge in [0.15, 0.2) is 12.4 Å². The number of nitrogens with zero attached hydrogens (tertiary/aromatic N) is 3. The number of ether oxygens (including phenoxy) is 1. The van der Waals surface area contributed by atoms with E-state index >= 15 is 0 Å². The van der Waals surface area contributed by atoms with Gasteiger partial charge in [0, 0.05) is 42.8 Å². The van der Waals surface area contributed by atoms with Gasteiger partial charge in [0.05, 0.1) is 5.69 Å². The van der Waals surface area contributed by atoms with E-state index in [1.165, 1.54) is 11.1 Å². The molecule has 0 spiro atoms. The van der Waals surface area contributed by atoms with Gasteiger partial charge in [-0.05, 0) is 23.8 Å². The summed E-state index contributed by atoms with van der Waals surface area (Å²) in [5, 5.41) is 5.37. The molecule has 0 saturated heterocycles. The topological polar surface area (TPSA) is 79.3 Å². The number of likely N-dealkylation sites (N-methyl/N-ethyl adjacent to an activating group) is 1. The fourth-order valence-corrected chi connectivity index (χ4v) is 4.14. The molecule has 0 aromatic heterocycles. The van der Waals surface area contributed by atoms with E-state index in [-0.39, 0.29) is 42.3 Å². The number of carbonyl (C=O) groups excluding carboxylic acids is 3. The quantitative estimate of drug-likeness (QED) is 0.534. The fraction of sp³-hybridized carbons (Fsp3) is 0.280. The van der Waals surface area contributed by atoms with Crippen LogP contribution in [0.2, 0.25) is 0 Å². The maximum Gasteiger partial charge on any atom is 0.354 e. The Labute approximate surface area is 187 Å². The van der Waals surface area contributed by atoms with Crippen molar-refractivity contribution in [3.05, 3.63) is 71.9 Å². The smallest absolute Gasteiger partial charge is 0.354 e. The fourth-order valence-electron chi connectivity index (χ4n) is 4.14. The van der Waals surface area contributed by atoms with Crippen LogP contribution in [-0.4, -0.2) is 37.0 Å². The van der Waals surface area contributed by atoms with Crippen LogP contribution in [0, 0.1) is 0 Å². The number of para-hydroxylation sites is 2. The molecule has 2 heterocycles. The molecule has 4 rings (SSSR count). The van der Waals surface area contributed by atoms with Gasteiger partial charge in [0.25, 0.3) is 0 Å². The summed E-state index contributed by atoms with van der Waals surface area (Å²) in [6, 6.07) is 16.9. The molecule has 0 fully saturated rings. The average molecular weight is 431 g/mol. The molecule has 32 heavy (non-hydrogen) atoms. The Morgan fingerprint density at radius 1 is 1.06 bits per heavy atom. The maximum atomic E-state index is 12.6. The largest absolute Gasteiger partial charge is 0.453 e. The first kappa shape index (κ1) is 21.5. The molecule has 0 radical (unpaired) electrons. The lowest BCUT2D eigenvalue weighted by molar-refractivity contribution is -0.140. The maximum absolute atomic E-state index is 12.6. The molecule has 2 aliphatic heterocycles. The van der Waals surface area contributed by atoms with Crippen molar-refractivity contribution in [3.8, 4) is 0 Å². The molecule has 0 saturated carbocycles. The number of rotatable bonds is 5. The third kappa shape index (κ3) is 3.93. The monoisotopic (exact) mass is 431 g/mol. The van der Waals surface area contributed by atoms with Crippen LogP contribution in [0.15, 0.2) is 71.5 Å². The number of hydrogen-bond donors (Lipinski definition) is 0. The van der Waals surface area contributed by atoms with Gasteiger partial charge >= 0.3 is 5.97 Å². The molecule has 7 heteroatoms. The van der Waals surface area contributed by atoms with Crippen molar-refractivity contribution in [2.45, 2.75) is 32.1 Å². The lowest BCUT2D eigenvalue weighted by Gasteiger charge is -2.24. The van der Waals surface area contributed by atoms with Crippen LogP contribution in [-0.2, 0) is 24.5 Å². The van der Waals surface area contributed by atoms with E-state index in [2.05, 4.69) is 25.0 Å². The number of hydrazone groups is 1. The number of ketones is 1. The lowest BCUT2D eigenvalue weighted by atomic mass is 9.83. The molecule has 0 atom stereocenters. The molecule has 0 aliphatic carbocycles. The van der Waals surface area contributed by atoms with Gasteiger partial charge in [-0.25, -0.2) is 9.80 Å². The third-order valence-corrected chi connectivity index (χ3v) is 5.85. The SMILES string of the molecule is CN1/C(=C/C(=O)COC(=O)C2=NN(c3ccccc3)C(=O)CC2)C(C)(C)c2ccccc21. The van der Waals surface area contributed by atoms with Crippen molar-refractivity contribution >= 4 is 34.7 Å². The zero-order valence-electron chi connectivity index (χ0n) is 18.4. The first-order chi connectivity index (χ1) is 15.3. The summed E-state index contributed by atoms with van der Waals surface area (Å²) in [7, 11) is 1.92. The summed E-state index contributed by atoms with van der Waals surface area (Å²) in [5.74, 6) is -1.19. The summed E-state index contributed by atoms with van der Waals surface area (Å²) in [6.07, 6.45) is 1.87. The van der Waals surface area contributed by atoms with E-state index < -0.39 is 5.97 Å². The van der Waals surface area contributed by atoms with Crippen molar-refractivity contribution in [3.63, 3.8) is 0 Å². The molecule has 164 valence electrons. The number of carbonyl (C=O) groups is 3. The van der Waals surface area contributed by atoms with E-state index in [9.17, 15) is 14.4 Å². The number of anilines is 2. The van der Waals surface area contributed by atoms with Gasteiger partial charge in [-0.2, -0.15) is 5.10 Å². The van der Waals surface area contributed by atoms with Gasteiger partial charge in [0.1, 0.15) is 5.71 Å². The van der Waals surface area contributed by atoms with Crippen molar-refractivity contribution < 1.29 is 19.1 Å². The highest BCUT2D eigenvalue weighted by molar-refractivity contribution is 6.38. The van der Waals surface area contributed by atoms with E-state index in [4.69, 9.17) is 4.74 Å². The van der Waals surface area contributed by atoms with Crippen LogP contribution in [0.1, 0.15) is 32.3 Å². The Bertz CT molecular complexity index is 1130. The molecule has 2 aromatic rings. The van der Waals surface area contributed by atoms with Gasteiger partial charge in [-0.15, -0.1) is 0 Å². The lowest BCUT2D eigenvalue weighted by Crippen LogP contribution is -2.35. The number of amides is 1. The van der Waals surface area contributed by atoms with Gasteiger partial charge in [-0.1, -0.05) is 50.2 Å². The summed E-state index contributed by atoms with van der Waals surface area (Å²) < 4.78 is 5.23. The second-order valence-electron chi connectivity index (χ2n) is 8.36. The minimum atomic E-state index is -0.687. The summed E-state index contributed by atoms with van der Waals surface area (Å²) in [6.45, 7) is 3.74. The second-order valence-corrected chi connectivity index (χ2v) is 8.36. The predicted octanol–water partition coefficient (Wildman–Crippen LogP) is 3.59. The number of hydrogen-bond acceptors (Lipinski definition) is 6. The molecular weight excluding hydrogens is 406 g/mol. The van der Waals surface area contributed by atoms with Crippen molar-refractivity contribution in [1.82, 2.24) is 0 Å². The van der Waals surface area contributed by atoms with E-state index in [0.717, 1.165) is 16.9 Å². The zero-order valence-corrected chi connectivity index (χ0v) is 18.4. The van der Waals surface area contributed by atoms with E-state index in [1.54, 1.807) is 24.3 Å². The Kier molecular flexibility index (Phi) is 5.65. The van der Waals surface area contributed by atoms with Crippen molar-refractivity contribution in [2.24, 2.45) is 5.10 Å². The van der Waals surface area contributed by atoms with Gasteiger partial charge in [-0.3, -0.25) is 9.59 Å². The van der Waals surface area contributed by atoms with E-state index in [1.807, 2.05) is 36.2 Å². The first-order valence-electron chi connectivity index (χ1n) is 10.5. The minimum absolute atomic E-state index is 0.125. The first-order valence-corrected chi connectivity index (χ1v) is 10.5. The van der Waals surface area contributed by atoms with E-state index in [0.29, 0.717) is 5.69 Å². The number of fused-ring (bicyclic) bond motifs is 1. The number of esters is 1. The molecule has 0 bridgehead atoms. The molecular formula is C25H25N3O4. The van der Waals surface area contributed by atoms with Crippen LogP contribution < -0.4 is 9.91 Å². The third-order valence-electron chi connectivity index (χ3n) is 5.85. The highest BCUT2D eigenvalue weighted by Gasteiger charge is 2.38. The number of allylic oxidation sites excluding steroid dienone is 1. The average Bonchev–Trinajstić information content (AvgIpc) is 2.99. The highest BCUT2D eigenvalue weighted by atomic mass is 16.5. The van der Waals surface area contributed by atoms with Gasteiger partial charge in [0.2, 0.25) is 5.91 Å². The molecule has 0 N–H and O–H groups in total.